The molecule has 0 saturated heterocycles. The minimum Gasteiger partial charge on any atom is -0.454 e. The molecule has 0 bridgehead atoms. The molecular formula is C60H36N2O2. The Hall–Kier alpha value is -8.60. The number of hydrogen-bond acceptors (Lipinski definition) is 3. The molecule has 11 aromatic carbocycles. The third kappa shape index (κ3) is 5.11. The van der Waals surface area contributed by atoms with E-state index < -0.39 is 0 Å². The molecule has 0 amide bonds. The van der Waals surface area contributed by atoms with Gasteiger partial charge in [-0.05, 0) is 121 Å². The summed E-state index contributed by atoms with van der Waals surface area (Å²) in [7, 11) is 0. The SMILES string of the molecule is c1cc(-c2ccc3c(c2)Oc2ccccc2N3c2cccc3c2oc2ccccc23)cc(-c2ccc3c4ccccc4n(-c4ccc5c6ccccc6c6ccccc6c5c4)c3c2)c1. The average molecular weight is 817 g/mol. The number of rotatable bonds is 4. The van der Waals surface area contributed by atoms with Gasteiger partial charge >= 0.3 is 0 Å². The molecule has 0 fully saturated rings. The van der Waals surface area contributed by atoms with E-state index in [1.807, 2.05) is 24.3 Å². The molecule has 3 heterocycles. The second-order valence-corrected chi connectivity index (χ2v) is 16.8. The summed E-state index contributed by atoms with van der Waals surface area (Å²) < 4.78 is 15.7. The Labute approximate surface area is 368 Å². The molecule has 0 atom stereocenters. The van der Waals surface area contributed by atoms with Crippen LogP contribution < -0.4 is 9.64 Å². The maximum Gasteiger partial charge on any atom is 0.159 e. The van der Waals surface area contributed by atoms with Gasteiger partial charge in [0.2, 0.25) is 0 Å². The minimum absolute atomic E-state index is 0.789. The van der Waals surface area contributed by atoms with Crippen molar-refractivity contribution in [3.05, 3.63) is 218 Å². The number of para-hydroxylation sites is 5. The zero-order chi connectivity index (χ0) is 41.9. The zero-order valence-electron chi connectivity index (χ0n) is 34.5. The number of fused-ring (bicyclic) bond motifs is 14. The number of hydrogen-bond donors (Lipinski definition) is 0. The lowest BCUT2D eigenvalue weighted by molar-refractivity contribution is 0.477. The number of aromatic nitrogens is 1. The smallest absolute Gasteiger partial charge is 0.159 e. The molecule has 4 heteroatoms. The van der Waals surface area contributed by atoms with Gasteiger partial charge in [0.15, 0.2) is 17.1 Å². The molecule has 1 aliphatic heterocycles. The minimum atomic E-state index is 0.789. The highest BCUT2D eigenvalue weighted by Crippen LogP contribution is 2.53. The van der Waals surface area contributed by atoms with Crippen LogP contribution in [0.3, 0.4) is 0 Å². The summed E-state index contributed by atoms with van der Waals surface area (Å²) in [5.41, 5.74) is 12.6. The fourth-order valence-electron chi connectivity index (χ4n) is 10.4. The number of ether oxygens (including phenoxy) is 1. The Bertz CT molecular complexity index is 4040. The van der Waals surface area contributed by atoms with Crippen molar-refractivity contribution in [2.75, 3.05) is 4.90 Å². The molecule has 14 rings (SSSR count). The van der Waals surface area contributed by atoms with Crippen molar-refractivity contribution in [2.24, 2.45) is 0 Å². The van der Waals surface area contributed by atoms with Crippen molar-refractivity contribution >= 4 is 93.1 Å². The standard InChI is InChI=1S/C60H36N2O2/c1-2-17-44-42(15-1)43-16-3-4-18-45(43)51-36-41(29-31-46(44)51)61-52-22-7-5-19-47(52)48-30-27-39(34-56(48)61)37-13-11-14-38(33-37)40-28-32-54-59(35-40)63-58-26-10-8-23-53(58)62(54)55-24-12-21-50-49-20-6-9-25-57(49)64-60(50)55/h1-36H. The van der Waals surface area contributed by atoms with Gasteiger partial charge in [-0.2, -0.15) is 0 Å². The second kappa shape index (κ2) is 13.4. The highest BCUT2D eigenvalue weighted by atomic mass is 16.5. The van der Waals surface area contributed by atoms with Crippen LogP contribution >= 0.6 is 0 Å². The van der Waals surface area contributed by atoms with Gasteiger partial charge in [-0.15, -0.1) is 0 Å². The maximum absolute atomic E-state index is 6.71. The first-order chi connectivity index (χ1) is 31.7. The lowest BCUT2D eigenvalue weighted by Crippen LogP contribution is -2.16. The predicted octanol–water partition coefficient (Wildman–Crippen LogP) is 17.1. The topological polar surface area (TPSA) is 30.5 Å². The lowest BCUT2D eigenvalue weighted by atomic mass is 9.94. The van der Waals surface area contributed by atoms with Crippen molar-refractivity contribution < 1.29 is 9.15 Å². The van der Waals surface area contributed by atoms with E-state index in [0.29, 0.717) is 0 Å². The van der Waals surface area contributed by atoms with E-state index in [2.05, 4.69) is 204 Å². The molecule has 0 aliphatic carbocycles. The van der Waals surface area contributed by atoms with Gasteiger partial charge in [0, 0.05) is 27.2 Å². The molecule has 4 nitrogen and oxygen atoms in total. The van der Waals surface area contributed by atoms with Gasteiger partial charge in [-0.1, -0.05) is 152 Å². The van der Waals surface area contributed by atoms with E-state index >= 15 is 0 Å². The Balaban J connectivity index is 0.890. The largest absolute Gasteiger partial charge is 0.454 e. The Kier molecular flexibility index (Phi) is 7.36. The van der Waals surface area contributed by atoms with Crippen LogP contribution in [0.4, 0.5) is 17.1 Å². The molecule has 13 aromatic rings. The fraction of sp³-hybridized carbons (Fsp3) is 0. The van der Waals surface area contributed by atoms with Crippen LogP contribution in [0.2, 0.25) is 0 Å². The normalized spacial score (nSPS) is 12.5. The Morgan fingerprint density at radius 1 is 0.297 bits per heavy atom. The molecule has 0 unspecified atom stereocenters. The van der Waals surface area contributed by atoms with Gasteiger partial charge in [0.05, 0.1) is 28.1 Å². The molecule has 0 radical (unpaired) electrons. The predicted molar refractivity (Wildman–Crippen MR) is 266 cm³/mol. The van der Waals surface area contributed by atoms with E-state index in [4.69, 9.17) is 9.15 Å². The van der Waals surface area contributed by atoms with E-state index in [-0.39, 0.29) is 0 Å². The summed E-state index contributed by atoms with van der Waals surface area (Å²) in [5, 5.41) is 12.3. The number of nitrogens with zero attached hydrogens (tertiary/aromatic N) is 2. The average Bonchev–Trinajstić information content (AvgIpc) is 3.91. The van der Waals surface area contributed by atoms with E-state index in [9.17, 15) is 0 Å². The summed E-state index contributed by atoms with van der Waals surface area (Å²) >= 11 is 0. The summed E-state index contributed by atoms with van der Waals surface area (Å²) in [6, 6.07) is 78.5. The molecule has 298 valence electrons. The molecule has 0 N–H and O–H groups in total. The number of benzene rings is 11. The Morgan fingerprint density at radius 3 is 1.66 bits per heavy atom. The Morgan fingerprint density at radius 2 is 0.844 bits per heavy atom. The van der Waals surface area contributed by atoms with Crippen LogP contribution in [0.1, 0.15) is 0 Å². The van der Waals surface area contributed by atoms with Crippen molar-refractivity contribution in [1.29, 1.82) is 0 Å². The molecular weight excluding hydrogens is 781 g/mol. The third-order valence-corrected chi connectivity index (χ3v) is 13.3. The third-order valence-electron chi connectivity index (χ3n) is 13.3. The first kappa shape index (κ1) is 35.0. The van der Waals surface area contributed by atoms with Gasteiger partial charge in [-0.3, -0.25) is 4.90 Å². The van der Waals surface area contributed by atoms with Crippen LogP contribution in [0.25, 0.3) is 104 Å². The summed E-state index contributed by atoms with van der Waals surface area (Å²) in [5.74, 6) is 1.59. The first-order valence-electron chi connectivity index (χ1n) is 21.8. The molecule has 0 saturated carbocycles. The fourth-order valence-corrected chi connectivity index (χ4v) is 10.4. The zero-order valence-corrected chi connectivity index (χ0v) is 34.5. The van der Waals surface area contributed by atoms with Crippen molar-refractivity contribution in [1.82, 2.24) is 4.57 Å². The highest BCUT2D eigenvalue weighted by molar-refractivity contribution is 6.25. The van der Waals surface area contributed by atoms with Gasteiger partial charge < -0.3 is 13.7 Å². The van der Waals surface area contributed by atoms with Crippen LogP contribution in [0, 0.1) is 0 Å². The summed E-state index contributed by atoms with van der Waals surface area (Å²) in [6.45, 7) is 0. The van der Waals surface area contributed by atoms with Crippen molar-refractivity contribution in [2.45, 2.75) is 0 Å². The molecule has 0 spiro atoms. The second-order valence-electron chi connectivity index (χ2n) is 16.8. The van der Waals surface area contributed by atoms with E-state index in [1.54, 1.807) is 0 Å². The summed E-state index contributed by atoms with van der Waals surface area (Å²) in [6.07, 6.45) is 0. The van der Waals surface area contributed by atoms with Crippen LogP contribution in [0.5, 0.6) is 11.5 Å². The molecule has 1 aliphatic rings. The quantitative estimate of drug-likeness (QED) is 0.166. The van der Waals surface area contributed by atoms with Crippen molar-refractivity contribution in [3.63, 3.8) is 0 Å². The summed E-state index contributed by atoms with van der Waals surface area (Å²) in [4.78, 5) is 2.27. The monoisotopic (exact) mass is 816 g/mol. The lowest BCUT2D eigenvalue weighted by Gasteiger charge is -2.33. The van der Waals surface area contributed by atoms with Gasteiger partial charge in [-0.25, -0.2) is 0 Å². The number of furan rings is 1. The van der Waals surface area contributed by atoms with E-state index in [1.165, 1.54) is 54.1 Å². The van der Waals surface area contributed by atoms with E-state index in [0.717, 1.165) is 78.4 Å². The number of anilines is 3. The van der Waals surface area contributed by atoms with Gasteiger partial charge in [0.1, 0.15) is 5.58 Å². The van der Waals surface area contributed by atoms with Crippen LogP contribution in [-0.2, 0) is 0 Å². The van der Waals surface area contributed by atoms with Gasteiger partial charge in [0.25, 0.3) is 0 Å². The first-order valence-corrected chi connectivity index (χ1v) is 21.8. The highest BCUT2D eigenvalue weighted by Gasteiger charge is 2.29. The van der Waals surface area contributed by atoms with Crippen LogP contribution in [0.15, 0.2) is 223 Å². The van der Waals surface area contributed by atoms with Crippen LogP contribution in [-0.4, -0.2) is 4.57 Å². The maximum atomic E-state index is 6.71. The molecule has 64 heavy (non-hydrogen) atoms. The molecule has 2 aromatic heterocycles. The van der Waals surface area contributed by atoms with Crippen molar-refractivity contribution in [3.8, 4) is 39.4 Å².